The Morgan fingerprint density at radius 1 is 1.10 bits per heavy atom. The number of carbonyl (C=O) groups is 1. The number of carbonyl (C=O) groups excluding carboxylic acids is 1. The van der Waals surface area contributed by atoms with Crippen molar-refractivity contribution in [2.24, 2.45) is 0 Å². The lowest BCUT2D eigenvalue weighted by molar-refractivity contribution is -0.137. The quantitative estimate of drug-likeness (QED) is 0.394. The molecule has 1 aliphatic rings. The van der Waals surface area contributed by atoms with Crippen LogP contribution >= 0.6 is 0 Å². The molecule has 0 bridgehead atoms. The molecule has 0 saturated carbocycles. The van der Waals surface area contributed by atoms with Crippen molar-refractivity contribution in [3.05, 3.63) is 65.7 Å². The van der Waals surface area contributed by atoms with Crippen molar-refractivity contribution in [2.75, 3.05) is 23.3 Å². The van der Waals surface area contributed by atoms with Gasteiger partial charge in [0.05, 0.1) is 5.56 Å². The summed E-state index contributed by atoms with van der Waals surface area (Å²) < 4.78 is 38.6. The maximum absolute atomic E-state index is 12.9. The van der Waals surface area contributed by atoms with E-state index in [0.29, 0.717) is 5.69 Å². The smallest absolute Gasteiger partial charge is 0.382 e. The van der Waals surface area contributed by atoms with Crippen molar-refractivity contribution in [2.45, 2.75) is 25.1 Å². The number of anilines is 2. The highest BCUT2D eigenvalue weighted by Gasteiger charge is 2.30. The van der Waals surface area contributed by atoms with Gasteiger partial charge >= 0.3 is 6.18 Å². The van der Waals surface area contributed by atoms with Gasteiger partial charge in [-0.2, -0.15) is 13.2 Å². The molecule has 1 amide bonds. The van der Waals surface area contributed by atoms with Crippen molar-refractivity contribution in [3.63, 3.8) is 0 Å². The van der Waals surface area contributed by atoms with E-state index in [1.165, 1.54) is 12.1 Å². The maximum atomic E-state index is 12.9. The van der Waals surface area contributed by atoms with Gasteiger partial charge in [0.1, 0.15) is 0 Å². The molecule has 0 unspecified atom stereocenters. The Hall–Kier alpha value is -3.00. The van der Waals surface area contributed by atoms with E-state index in [1.54, 1.807) is 17.6 Å². The highest BCUT2D eigenvalue weighted by Crippen LogP contribution is 2.31. The Morgan fingerprint density at radius 3 is 2.52 bits per heavy atom. The number of nitrogens with zero attached hydrogens (tertiary/aromatic N) is 1. The van der Waals surface area contributed by atoms with E-state index in [0.717, 1.165) is 49.3 Å². The molecule has 29 heavy (non-hydrogen) atoms. The first kappa shape index (κ1) is 20.7. The van der Waals surface area contributed by atoms with Crippen LogP contribution in [0.4, 0.5) is 24.5 Å². The molecule has 0 spiro atoms. The molecule has 5 nitrogen and oxygen atoms in total. The summed E-state index contributed by atoms with van der Waals surface area (Å²) in [7, 11) is 0. The Kier molecular flexibility index (Phi) is 6.43. The number of alkyl halides is 3. The molecule has 3 N–H and O–H groups in total. The van der Waals surface area contributed by atoms with Crippen LogP contribution in [0.5, 0.6) is 0 Å². The predicted molar refractivity (Wildman–Crippen MR) is 106 cm³/mol. The summed E-state index contributed by atoms with van der Waals surface area (Å²) in [5.41, 5.74) is 3.18. The Morgan fingerprint density at radius 2 is 1.83 bits per heavy atom. The monoisotopic (exact) mass is 405 g/mol. The van der Waals surface area contributed by atoms with Gasteiger partial charge in [-0.05, 0) is 48.7 Å². The number of amides is 1. The fourth-order valence-corrected chi connectivity index (χ4v) is 3.40. The molecule has 1 fully saturated rings. The van der Waals surface area contributed by atoms with Gasteiger partial charge in [0.25, 0.3) is 5.91 Å². The molecule has 0 aliphatic carbocycles. The van der Waals surface area contributed by atoms with Crippen LogP contribution < -0.4 is 15.7 Å². The molecular weight excluding hydrogens is 383 g/mol. The molecule has 2 aromatic rings. The van der Waals surface area contributed by atoms with E-state index in [1.807, 2.05) is 24.3 Å². The molecular formula is C21H22F3N3O2. The summed E-state index contributed by atoms with van der Waals surface area (Å²) in [6.45, 7) is 1.46. The third kappa shape index (κ3) is 5.51. The summed E-state index contributed by atoms with van der Waals surface area (Å²) in [6, 6.07) is 12.9. The Labute approximate surface area is 166 Å². The van der Waals surface area contributed by atoms with Gasteiger partial charge in [-0.15, -0.1) is 0 Å². The summed E-state index contributed by atoms with van der Waals surface area (Å²) in [6.07, 6.45) is 0.0662. The molecule has 3 rings (SSSR count). The van der Waals surface area contributed by atoms with Crippen LogP contribution in [-0.2, 0) is 11.0 Å². The van der Waals surface area contributed by atoms with Gasteiger partial charge in [-0.1, -0.05) is 24.3 Å². The highest BCUT2D eigenvalue weighted by molar-refractivity contribution is 5.91. The topological polar surface area (TPSA) is 64.6 Å². The second-order valence-corrected chi connectivity index (χ2v) is 6.85. The van der Waals surface area contributed by atoms with Gasteiger partial charge in [-0.3, -0.25) is 10.0 Å². The van der Waals surface area contributed by atoms with Crippen molar-refractivity contribution >= 4 is 23.4 Å². The lowest BCUT2D eigenvalue weighted by atomic mass is 10.0. The molecule has 0 radical (unpaired) electrons. The molecule has 0 aromatic heterocycles. The number of hydrogen-bond acceptors (Lipinski definition) is 4. The van der Waals surface area contributed by atoms with Crippen LogP contribution in [0.15, 0.2) is 54.6 Å². The first-order valence-electron chi connectivity index (χ1n) is 9.27. The molecule has 154 valence electrons. The van der Waals surface area contributed by atoms with E-state index in [-0.39, 0.29) is 6.04 Å². The number of halogens is 3. The Bertz CT molecular complexity index is 875. The van der Waals surface area contributed by atoms with Gasteiger partial charge in [0, 0.05) is 36.6 Å². The van der Waals surface area contributed by atoms with Crippen LogP contribution in [-0.4, -0.2) is 30.2 Å². The van der Waals surface area contributed by atoms with Gasteiger partial charge in [-0.25, -0.2) is 5.48 Å². The van der Waals surface area contributed by atoms with E-state index in [4.69, 9.17) is 5.21 Å². The Balaban J connectivity index is 1.63. The number of rotatable bonds is 5. The zero-order valence-electron chi connectivity index (χ0n) is 15.6. The predicted octanol–water partition coefficient (Wildman–Crippen LogP) is 4.30. The van der Waals surface area contributed by atoms with Crippen LogP contribution in [0.3, 0.4) is 0 Å². The standard InChI is InChI=1S/C21H22F3N3O2/c22-21(23,24)16-5-3-6-18(14-16)25-17-10-12-27(13-11-17)19-7-2-1-4-15(19)8-9-20(28)26-29/h1-9,14,17,25,29H,10-13H2,(H,26,28)/b9-8+. The van der Waals surface area contributed by atoms with E-state index in [2.05, 4.69) is 10.2 Å². The SMILES string of the molecule is O=C(/C=C/c1ccccc1N1CCC(Nc2cccc(C(F)(F)F)c2)CC1)NO. The fraction of sp³-hybridized carbons (Fsp3) is 0.286. The number of para-hydroxylation sites is 1. The van der Waals surface area contributed by atoms with Crippen LogP contribution in [0.2, 0.25) is 0 Å². The minimum absolute atomic E-state index is 0.0811. The van der Waals surface area contributed by atoms with E-state index < -0.39 is 17.6 Å². The van der Waals surface area contributed by atoms with Crippen LogP contribution in [0.25, 0.3) is 6.08 Å². The molecule has 1 aliphatic heterocycles. The average molecular weight is 405 g/mol. The lowest BCUT2D eigenvalue weighted by Gasteiger charge is -2.35. The minimum Gasteiger partial charge on any atom is -0.382 e. The number of benzene rings is 2. The highest BCUT2D eigenvalue weighted by atomic mass is 19.4. The minimum atomic E-state index is -4.36. The number of piperidine rings is 1. The molecule has 8 heteroatoms. The third-order valence-electron chi connectivity index (χ3n) is 4.86. The first-order chi connectivity index (χ1) is 13.9. The maximum Gasteiger partial charge on any atom is 0.416 e. The molecule has 1 saturated heterocycles. The van der Waals surface area contributed by atoms with E-state index >= 15 is 0 Å². The summed E-state index contributed by atoms with van der Waals surface area (Å²) in [5, 5.41) is 11.8. The van der Waals surface area contributed by atoms with Crippen LogP contribution in [0, 0.1) is 0 Å². The van der Waals surface area contributed by atoms with Crippen molar-refractivity contribution in [3.8, 4) is 0 Å². The summed E-state index contributed by atoms with van der Waals surface area (Å²) >= 11 is 0. The van der Waals surface area contributed by atoms with Crippen LogP contribution in [0.1, 0.15) is 24.0 Å². The normalized spacial score (nSPS) is 15.5. The third-order valence-corrected chi connectivity index (χ3v) is 4.86. The van der Waals surface area contributed by atoms with Crippen molar-refractivity contribution < 1.29 is 23.2 Å². The van der Waals surface area contributed by atoms with Gasteiger partial charge in [0.2, 0.25) is 0 Å². The average Bonchev–Trinajstić information content (AvgIpc) is 2.72. The molecule has 0 atom stereocenters. The second kappa shape index (κ2) is 9.00. The van der Waals surface area contributed by atoms with E-state index in [9.17, 15) is 18.0 Å². The van der Waals surface area contributed by atoms with Crippen molar-refractivity contribution in [1.29, 1.82) is 0 Å². The van der Waals surface area contributed by atoms with Gasteiger partial charge < -0.3 is 10.2 Å². The number of hydroxylamine groups is 1. The summed E-state index contributed by atoms with van der Waals surface area (Å²) in [5.74, 6) is -0.608. The molecule has 2 aromatic carbocycles. The lowest BCUT2D eigenvalue weighted by Crippen LogP contribution is -2.39. The van der Waals surface area contributed by atoms with Gasteiger partial charge in [0.15, 0.2) is 0 Å². The molecule has 1 heterocycles. The fourth-order valence-electron chi connectivity index (χ4n) is 3.40. The number of nitrogens with one attached hydrogen (secondary N) is 2. The number of hydrogen-bond donors (Lipinski definition) is 3. The largest absolute Gasteiger partial charge is 0.416 e. The zero-order valence-corrected chi connectivity index (χ0v) is 15.6. The zero-order chi connectivity index (χ0) is 20.9. The summed E-state index contributed by atoms with van der Waals surface area (Å²) in [4.78, 5) is 13.4. The second-order valence-electron chi connectivity index (χ2n) is 6.85. The first-order valence-corrected chi connectivity index (χ1v) is 9.27. The van der Waals surface area contributed by atoms with Crippen molar-refractivity contribution in [1.82, 2.24) is 5.48 Å².